The number of amides is 1. The molecule has 120 valence electrons. The van der Waals surface area contributed by atoms with Gasteiger partial charge in [0.1, 0.15) is 5.65 Å². The smallest absolute Gasteiger partial charge is 0.254 e. The number of aromatic nitrogens is 2. The maximum absolute atomic E-state index is 12.6. The predicted octanol–water partition coefficient (Wildman–Crippen LogP) is 4.15. The number of rotatable bonds is 2. The van der Waals surface area contributed by atoms with Crippen molar-refractivity contribution in [3.05, 3.63) is 71.0 Å². The van der Waals surface area contributed by atoms with E-state index in [1.54, 1.807) is 30.5 Å². The summed E-state index contributed by atoms with van der Waals surface area (Å²) in [5.74, 6) is 0.0217. The van der Waals surface area contributed by atoms with Crippen LogP contribution in [0.3, 0.4) is 0 Å². The third kappa shape index (κ3) is 2.69. The van der Waals surface area contributed by atoms with E-state index in [-0.39, 0.29) is 5.91 Å². The third-order valence-corrected chi connectivity index (χ3v) is 4.60. The first kappa shape index (κ1) is 15.0. The average molecular weight is 338 g/mol. The molecule has 3 aromatic rings. The van der Waals surface area contributed by atoms with Gasteiger partial charge in [-0.3, -0.25) is 4.79 Å². The lowest BCUT2D eigenvalue weighted by atomic mass is 9.99. The van der Waals surface area contributed by atoms with Gasteiger partial charge in [0.25, 0.3) is 5.91 Å². The topological polar surface area (TPSA) is 49.0 Å². The lowest BCUT2D eigenvalue weighted by molar-refractivity contribution is 0.0773. The summed E-state index contributed by atoms with van der Waals surface area (Å²) in [6.07, 6.45) is 6.73. The van der Waals surface area contributed by atoms with Crippen molar-refractivity contribution < 1.29 is 4.79 Å². The van der Waals surface area contributed by atoms with E-state index < -0.39 is 0 Å². The number of aromatic amines is 1. The Balaban J connectivity index is 1.56. The number of benzene rings is 1. The van der Waals surface area contributed by atoms with Crippen molar-refractivity contribution in [1.29, 1.82) is 0 Å². The Morgan fingerprint density at radius 2 is 2.17 bits per heavy atom. The number of nitrogens with zero attached hydrogens (tertiary/aromatic N) is 2. The van der Waals surface area contributed by atoms with Crippen LogP contribution in [0.15, 0.2) is 54.9 Å². The Hall–Kier alpha value is -2.59. The van der Waals surface area contributed by atoms with Crippen molar-refractivity contribution in [1.82, 2.24) is 14.9 Å². The molecule has 0 fully saturated rings. The molecule has 24 heavy (non-hydrogen) atoms. The lowest BCUT2D eigenvalue weighted by Gasteiger charge is -2.26. The molecule has 1 amide bonds. The molecule has 0 aliphatic carbocycles. The Kier molecular flexibility index (Phi) is 3.82. The van der Waals surface area contributed by atoms with Gasteiger partial charge in [0.2, 0.25) is 0 Å². The van der Waals surface area contributed by atoms with Crippen molar-refractivity contribution >= 4 is 34.1 Å². The van der Waals surface area contributed by atoms with Crippen LogP contribution in [0.4, 0.5) is 0 Å². The Morgan fingerprint density at radius 1 is 1.25 bits per heavy atom. The van der Waals surface area contributed by atoms with Crippen LogP contribution in [0, 0.1) is 0 Å². The van der Waals surface area contributed by atoms with E-state index in [0.29, 0.717) is 23.7 Å². The maximum atomic E-state index is 12.6. The number of carbonyl (C=O) groups is 1. The number of hydrogen-bond donors (Lipinski definition) is 1. The van der Waals surface area contributed by atoms with E-state index in [9.17, 15) is 4.79 Å². The van der Waals surface area contributed by atoms with Crippen LogP contribution in [0.25, 0.3) is 16.6 Å². The van der Waals surface area contributed by atoms with Crippen LogP contribution < -0.4 is 0 Å². The molecule has 4 nitrogen and oxygen atoms in total. The van der Waals surface area contributed by atoms with E-state index in [0.717, 1.165) is 17.5 Å². The number of nitrogens with one attached hydrogen (secondary N) is 1. The highest BCUT2D eigenvalue weighted by Crippen LogP contribution is 2.28. The van der Waals surface area contributed by atoms with Crippen LogP contribution in [0.1, 0.15) is 22.3 Å². The summed E-state index contributed by atoms with van der Waals surface area (Å²) < 4.78 is 0. The molecule has 0 saturated heterocycles. The maximum Gasteiger partial charge on any atom is 0.254 e. The van der Waals surface area contributed by atoms with E-state index in [1.807, 2.05) is 17.2 Å². The van der Waals surface area contributed by atoms with Crippen LogP contribution in [0.5, 0.6) is 0 Å². The van der Waals surface area contributed by atoms with Gasteiger partial charge in [-0.1, -0.05) is 23.7 Å². The molecule has 0 unspecified atom stereocenters. The van der Waals surface area contributed by atoms with Gasteiger partial charge in [-0.2, -0.15) is 0 Å². The third-order valence-electron chi connectivity index (χ3n) is 4.36. The van der Waals surface area contributed by atoms with Crippen LogP contribution in [-0.4, -0.2) is 33.9 Å². The molecule has 0 atom stereocenters. The molecule has 0 bridgehead atoms. The molecule has 3 heterocycles. The Morgan fingerprint density at radius 3 is 2.96 bits per heavy atom. The van der Waals surface area contributed by atoms with Crippen molar-refractivity contribution in [3.8, 4) is 0 Å². The molecule has 1 aromatic carbocycles. The molecule has 1 aliphatic rings. The minimum Gasteiger partial charge on any atom is -0.346 e. The fourth-order valence-corrected chi connectivity index (χ4v) is 3.31. The first-order valence-electron chi connectivity index (χ1n) is 7.89. The molecule has 0 saturated carbocycles. The van der Waals surface area contributed by atoms with Crippen molar-refractivity contribution in [2.45, 2.75) is 6.42 Å². The molecule has 4 rings (SSSR count). The molecule has 0 radical (unpaired) electrons. The second kappa shape index (κ2) is 6.13. The van der Waals surface area contributed by atoms with Gasteiger partial charge in [0.15, 0.2) is 0 Å². The van der Waals surface area contributed by atoms with E-state index in [1.165, 1.54) is 11.1 Å². The van der Waals surface area contributed by atoms with Gasteiger partial charge in [0.05, 0.1) is 0 Å². The fourth-order valence-electron chi connectivity index (χ4n) is 3.12. The summed E-state index contributed by atoms with van der Waals surface area (Å²) >= 11 is 5.98. The fraction of sp³-hybridized carbons (Fsp3) is 0.158. The second-order valence-electron chi connectivity index (χ2n) is 5.84. The first-order valence-corrected chi connectivity index (χ1v) is 8.26. The molecule has 1 N–H and O–H groups in total. The summed E-state index contributed by atoms with van der Waals surface area (Å²) in [5.41, 5.74) is 3.96. The highest BCUT2D eigenvalue weighted by molar-refractivity contribution is 6.30. The summed E-state index contributed by atoms with van der Waals surface area (Å²) in [6.45, 7) is 1.30. The highest BCUT2D eigenvalue weighted by Gasteiger charge is 2.20. The number of pyridine rings is 1. The molecule has 0 spiro atoms. The molecular weight excluding hydrogens is 322 g/mol. The SMILES string of the molecule is O=C(c1cccc(Cl)c1)N1CC=C(c2c[nH]c3ncccc23)CC1. The van der Waals surface area contributed by atoms with Crippen molar-refractivity contribution in [2.75, 3.05) is 13.1 Å². The number of carbonyl (C=O) groups excluding carboxylic acids is 1. The number of hydrogen-bond acceptors (Lipinski definition) is 2. The molecule has 1 aliphatic heterocycles. The van der Waals surface area contributed by atoms with Crippen LogP contribution in [-0.2, 0) is 0 Å². The zero-order valence-electron chi connectivity index (χ0n) is 13.0. The predicted molar refractivity (Wildman–Crippen MR) is 96.0 cm³/mol. The minimum absolute atomic E-state index is 0.0217. The molecule has 5 heteroatoms. The molecule has 2 aromatic heterocycles. The van der Waals surface area contributed by atoms with Crippen molar-refractivity contribution in [2.24, 2.45) is 0 Å². The van der Waals surface area contributed by atoms with E-state index in [2.05, 4.69) is 22.1 Å². The zero-order chi connectivity index (χ0) is 16.5. The number of fused-ring (bicyclic) bond motifs is 1. The second-order valence-corrected chi connectivity index (χ2v) is 6.28. The van der Waals surface area contributed by atoms with Gasteiger partial charge in [-0.05, 0) is 42.3 Å². The quantitative estimate of drug-likeness (QED) is 0.763. The van der Waals surface area contributed by atoms with Gasteiger partial charge in [0, 0.05) is 47.0 Å². The van der Waals surface area contributed by atoms with Crippen molar-refractivity contribution in [3.63, 3.8) is 0 Å². The van der Waals surface area contributed by atoms with E-state index >= 15 is 0 Å². The normalized spacial score (nSPS) is 14.7. The van der Waals surface area contributed by atoms with E-state index in [4.69, 9.17) is 11.6 Å². The number of halogens is 1. The largest absolute Gasteiger partial charge is 0.346 e. The van der Waals surface area contributed by atoms with Gasteiger partial charge in [-0.25, -0.2) is 4.98 Å². The van der Waals surface area contributed by atoms with Crippen LogP contribution in [0.2, 0.25) is 5.02 Å². The lowest BCUT2D eigenvalue weighted by Crippen LogP contribution is -2.34. The summed E-state index contributed by atoms with van der Waals surface area (Å²) in [6, 6.07) is 11.1. The number of H-pyrrole nitrogens is 1. The monoisotopic (exact) mass is 337 g/mol. The summed E-state index contributed by atoms with van der Waals surface area (Å²) in [7, 11) is 0. The first-order chi connectivity index (χ1) is 11.7. The van der Waals surface area contributed by atoms with Gasteiger partial charge in [-0.15, -0.1) is 0 Å². The highest BCUT2D eigenvalue weighted by atomic mass is 35.5. The van der Waals surface area contributed by atoms with Crippen LogP contribution >= 0.6 is 11.6 Å². The Labute approximate surface area is 144 Å². The van der Waals surface area contributed by atoms with Gasteiger partial charge >= 0.3 is 0 Å². The minimum atomic E-state index is 0.0217. The standard InChI is InChI=1S/C19H16ClN3O/c20-15-4-1-3-14(11-15)19(24)23-9-6-13(7-10-23)17-12-22-18-16(17)5-2-8-21-18/h1-6,8,11-12H,7,9-10H2,(H,21,22). The Bertz CT molecular complexity index is 944. The summed E-state index contributed by atoms with van der Waals surface area (Å²) in [5, 5.41) is 1.71. The molecular formula is C19H16ClN3O. The summed E-state index contributed by atoms with van der Waals surface area (Å²) in [4.78, 5) is 22.0. The zero-order valence-corrected chi connectivity index (χ0v) is 13.8. The average Bonchev–Trinajstić information content (AvgIpc) is 3.05. The van der Waals surface area contributed by atoms with Gasteiger partial charge < -0.3 is 9.88 Å².